The zero-order chi connectivity index (χ0) is 16.1. The number of hydrogen-bond acceptors (Lipinski definition) is 5. The maximum absolute atomic E-state index is 11.8. The van der Waals surface area contributed by atoms with E-state index in [-0.39, 0.29) is 18.2 Å². The van der Waals surface area contributed by atoms with Crippen LogP contribution in [-0.2, 0) is 4.79 Å². The van der Waals surface area contributed by atoms with Gasteiger partial charge < -0.3 is 10.1 Å². The van der Waals surface area contributed by atoms with Crippen LogP contribution in [0.5, 0.6) is 5.75 Å². The fourth-order valence-electron chi connectivity index (χ4n) is 1.45. The van der Waals surface area contributed by atoms with Gasteiger partial charge in [-0.25, -0.2) is 4.98 Å². The number of halogens is 2. The van der Waals surface area contributed by atoms with E-state index in [2.05, 4.69) is 15.6 Å². The number of carbonyl (C=O) groups excluding carboxylic acids is 2. The molecule has 2 aromatic rings. The Bertz CT molecular complexity index is 706. The fourth-order valence-corrected chi connectivity index (χ4v) is 2.62. The lowest BCUT2D eigenvalue weighted by Gasteiger charge is -2.07. The number of rotatable bonds is 5. The molecule has 9 heteroatoms. The van der Waals surface area contributed by atoms with Crippen molar-refractivity contribution in [2.24, 2.45) is 0 Å². The summed E-state index contributed by atoms with van der Waals surface area (Å²) in [6.07, 6.45) is 0. The molecule has 0 radical (unpaired) electrons. The summed E-state index contributed by atoms with van der Waals surface area (Å²) < 4.78 is 5.30. The van der Waals surface area contributed by atoms with Gasteiger partial charge in [0.25, 0.3) is 11.8 Å². The van der Waals surface area contributed by atoms with Crippen molar-refractivity contribution in [2.75, 3.05) is 19.0 Å². The van der Waals surface area contributed by atoms with Crippen LogP contribution in [0.1, 0.15) is 10.5 Å². The topological polar surface area (TPSA) is 80.3 Å². The lowest BCUT2D eigenvalue weighted by molar-refractivity contribution is -0.118. The van der Waals surface area contributed by atoms with E-state index in [0.717, 1.165) is 11.3 Å². The Morgan fingerprint density at radius 1 is 1.36 bits per heavy atom. The number of benzene rings is 1. The van der Waals surface area contributed by atoms with Crippen molar-refractivity contribution in [1.82, 2.24) is 10.3 Å². The van der Waals surface area contributed by atoms with Gasteiger partial charge >= 0.3 is 0 Å². The van der Waals surface area contributed by atoms with Crippen LogP contribution in [0.4, 0.5) is 5.13 Å². The fraction of sp³-hybridized carbons (Fsp3) is 0.154. The van der Waals surface area contributed by atoms with Crippen molar-refractivity contribution in [3.05, 3.63) is 39.3 Å². The number of anilines is 1. The van der Waals surface area contributed by atoms with Gasteiger partial charge in [-0.05, 0) is 18.2 Å². The number of thiazole rings is 1. The average Bonchev–Trinajstić information content (AvgIpc) is 2.94. The zero-order valence-corrected chi connectivity index (χ0v) is 13.7. The van der Waals surface area contributed by atoms with Crippen molar-refractivity contribution in [3.63, 3.8) is 0 Å². The second kappa shape index (κ2) is 7.44. The summed E-state index contributed by atoms with van der Waals surface area (Å²) in [6, 6.07) is 4.70. The molecule has 0 saturated heterocycles. The molecule has 1 aromatic carbocycles. The highest BCUT2D eigenvalue weighted by molar-refractivity contribution is 7.14. The number of amides is 2. The van der Waals surface area contributed by atoms with Crippen molar-refractivity contribution in [2.45, 2.75) is 0 Å². The minimum atomic E-state index is -0.413. The van der Waals surface area contributed by atoms with E-state index in [1.165, 1.54) is 13.1 Å². The molecule has 22 heavy (non-hydrogen) atoms. The van der Waals surface area contributed by atoms with Gasteiger partial charge in [0.05, 0.1) is 5.02 Å². The third kappa shape index (κ3) is 4.33. The Morgan fingerprint density at radius 3 is 2.82 bits per heavy atom. The molecular formula is C13H11Cl2N3O3S. The molecule has 0 saturated carbocycles. The van der Waals surface area contributed by atoms with Crippen molar-refractivity contribution < 1.29 is 14.3 Å². The first-order chi connectivity index (χ1) is 10.5. The lowest BCUT2D eigenvalue weighted by Crippen LogP contribution is -2.21. The monoisotopic (exact) mass is 359 g/mol. The Labute approximate surface area is 140 Å². The van der Waals surface area contributed by atoms with E-state index in [1.807, 2.05) is 0 Å². The van der Waals surface area contributed by atoms with Crippen LogP contribution in [0.15, 0.2) is 23.6 Å². The van der Waals surface area contributed by atoms with Gasteiger partial charge in [0.15, 0.2) is 11.7 Å². The summed E-state index contributed by atoms with van der Waals surface area (Å²) in [4.78, 5) is 27.1. The summed E-state index contributed by atoms with van der Waals surface area (Å²) in [6.45, 7) is -0.240. The third-order valence-corrected chi connectivity index (χ3v) is 3.75. The molecule has 116 valence electrons. The summed E-state index contributed by atoms with van der Waals surface area (Å²) in [5.74, 6) is -0.379. The molecule has 0 spiro atoms. The SMILES string of the molecule is CNC(=O)c1csc(NC(=O)COc2ccc(Cl)cc2Cl)n1. The predicted octanol–water partition coefficient (Wildman–Crippen LogP) is 2.83. The molecule has 0 bridgehead atoms. The van der Waals surface area contributed by atoms with E-state index in [4.69, 9.17) is 27.9 Å². The first kappa shape index (κ1) is 16.5. The molecule has 2 amide bonds. The van der Waals surface area contributed by atoms with Crippen molar-refractivity contribution in [3.8, 4) is 5.75 Å². The van der Waals surface area contributed by atoms with E-state index in [1.54, 1.807) is 17.5 Å². The Kier molecular flexibility index (Phi) is 5.59. The van der Waals surface area contributed by atoms with Gasteiger partial charge in [0.2, 0.25) is 0 Å². The molecular weight excluding hydrogens is 349 g/mol. The van der Waals surface area contributed by atoms with Gasteiger partial charge in [0, 0.05) is 17.5 Å². The zero-order valence-electron chi connectivity index (χ0n) is 11.4. The van der Waals surface area contributed by atoms with Crippen LogP contribution in [-0.4, -0.2) is 30.5 Å². The first-order valence-corrected chi connectivity index (χ1v) is 7.68. The van der Waals surface area contributed by atoms with E-state index >= 15 is 0 Å². The molecule has 0 aliphatic carbocycles. The molecule has 0 atom stereocenters. The molecule has 0 aliphatic rings. The molecule has 0 unspecified atom stereocenters. The highest BCUT2D eigenvalue weighted by atomic mass is 35.5. The van der Waals surface area contributed by atoms with E-state index in [9.17, 15) is 9.59 Å². The van der Waals surface area contributed by atoms with E-state index < -0.39 is 5.91 Å². The smallest absolute Gasteiger partial charge is 0.270 e. The number of hydrogen-bond donors (Lipinski definition) is 2. The molecule has 2 rings (SSSR count). The Morgan fingerprint density at radius 2 is 2.14 bits per heavy atom. The number of ether oxygens (including phenoxy) is 1. The minimum absolute atomic E-state index is 0.240. The summed E-state index contributed by atoms with van der Waals surface area (Å²) in [5, 5.41) is 7.64. The molecule has 2 N–H and O–H groups in total. The molecule has 1 aromatic heterocycles. The van der Waals surface area contributed by atoms with E-state index in [0.29, 0.717) is 20.9 Å². The lowest BCUT2D eigenvalue weighted by atomic mass is 10.3. The van der Waals surface area contributed by atoms with Crippen LogP contribution in [0, 0.1) is 0 Å². The second-order valence-corrected chi connectivity index (χ2v) is 5.73. The highest BCUT2D eigenvalue weighted by Crippen LogP contribution is 2.27. The number of aromatic nitrogens is 1. The first-order valence-electron chi connectivity index (χ1n) is 6.05. The molecule has 6 nitrogen and oxygen atoms in total. The summed E-state index contributed by atoms with van der Waals surface area (Å²) in [7, 11) is 1.50. The quantitative estimate of drug-likeness (QED) is 0.859. The average molecular weight is 360 g/mol. The number of nitrogens with zero attached hydrogens (tertiary/aromatic N) is 1. The maximum Gasteiger partial charge on any atom is 0.270 e. The highest BCUT2D eigenvalue weighted by Gasteiger charge is 2.12. The van der Waals surface area contributed by atoms with Gasteiger partial charge in [-0.2, -0.15) is 0 Å². The minimum Gasteiger partial charge on any atom is -0.482 e. The number of carbonyl (C=O) groups is 2. The maximum atomic E-state index is 11.8. The predicted molar refractivity (Wildman–Crippen MR) is 86.1 cm³/mol. The van der Waals surface area contributed by atoms with Gasteiger partial charge in [-0.1, -0.05) is 23.2 Å². The molecule has 0 aliphatic heterocycles. The van der Waals surface area contributed by atoms with Crippen molar-refractivity contribution in [1.29, 1.82) is 0 Å². The van der Waals surface area contributed by atoms with Gasteiger partial charge in [-0.15, -0.1) is 11.3 Å². The Hall–Kier alpha value is -1.83. The number of nitrogens with one attached hydrogen (secondary N) is 2. The Balaban J connectivity index is 1.90. The normalized spacial score (nSPS) is 10.1. The van der Waals surface area contributed by atoms with Gasteiger partial charge in [0.1, 0.15) is 11.4 Å². The van der Waals surface area contributed by atoms with Crippen LogP contribution in [0.2, 0.25) is 10.0 Å². The van der Waals surface area contributed by atoms with Crippen LogP contribution in [0.25, 0.3) is 0 Å². The molecule has 1 heterocycles. The second-order valence-electron chi connectivity index (χ2n) is 4.03. The van der Waals surface area contributed by atoms with Crippen molar-refractivity contribution >= 4 is 51.5 Å². The third-order valence-electron chi connectivity index (χ3n) is 2.46. The van der Waals surface area contributed by atoms with Gasteiger partial charge in [-0.3, -0.25) is 14.9 Å². The standard InChI is InChI=1S/C13H11Cl2N3O3S/c1-16-12(20)9-6-22-13(17-9)18-11(19)5-21-10-3-2-7(14)4-8(10)15/h2-4,6H,5H2,1H3,(H,16,20)(H,17,18,19). The summed E-state index contributed by atoms with van der Waals surface area (Å²) >= 11 is 12.8. The molecule has 0 fully saturated rings. The van der Waals surface area contributed by atoms with Crippen LogP contribution < -0.4 is 15.4 Å². The van der Waals surface area contributed by atoms with Crippen LogP contribution >= 0.6 is 34.5 Å². The van der Waals surface area contributed by atoms with Crippen LogP contribution in [0.3, 0.4) is 0 Å². The largest absolute Gasteiger partial charge is 0.482 e. The summed E-state index contributed by atoms with van der Waals surface area (Å²) in [5.41, 5.74) is 0.240.